The van der Waals surface area contributed by atoms with Crippen molar-refractivity contribution in [2.45, 2.75) is 13.8 Å². The van der Waals surface area contributed by atoms with E-state index in [1.54, 1.807) is 6.92 Å². The van der Waals surface area contributed by atoms with E-state index in [1.807, 2.05) is 0 Å². The highest BCUT2D eigenvalue weighted by Crippen LogP contribution is 2.32. The van der Waals surface area contributed by atoms with Gasteiger partial charge in [0.1, 0.15) is 28.7 Å². The highest BCUT2D eigenvalue weighted by molar-refractivity contribution is 6.30. The van der Waals surface area contributed by atoms with E-state index in [9.17, 15) is 13.6 Å². The molecule has 4 nitrogen and oxygen atoms in total. The Bertz CT molecular complexity index is 647. The van der Waals surface area contributed by atoms with Gasteiger partial charge < -0.3 is 9.26 Å². The lowest BCUT2D eigenvalue weighted by Crippen LogP contribution is -2.07. The SMILES string of the molecule is CCOC(=O)c1c(-c2c(F)cc(Cl)cc2F)noc1C. The van der Waals surface area contributed by atoms with E-state index in [4.69, 9.17) is 20.9 Å². The molecule has 1 aromatic heterocycles. The first-order valence-corrected chi connectivity index (χ1v) is 6.11. The quantitative estimate of drug-likeness (QED) is 0.810. The number of rotatable bonds is 3. The molecule has 0 spiro atoms. The Morgan fingerprint density at radius 2 is 2.00 bits per heavy atom. The Kier molecular flexibility index (Phi) is 4.04. The molecule has 2 aromatic rings. The third-order valence-corrected chi connectivity index (χ3v) is 2.80. The van der Waals surface area contributed by atoms with E-state index in [-0.39, 0.29) is 28.6 Å². The molecule has 0 aliphatic heterocycles. The Hall–Kier alpha value is -1.95. The maximum absolute atomic E-state index is 13.9. The van der Waals surface area contributed by atoms with Crippen LogP contribution in [-0.2, 0) is 4.74 Å². The largest absolute Gasteiger partial charge is 0.462 e. The summed E-state index contributed by atoms with van der Waals surface area (Å²) in [6.45, 7) is 3.19. The van der Waals surface area contributed by atoms with Gasteiger partial charge in [-0.1, -0.05) is 16.8 Å². The summed E-state index contributed by atoms with van der Waals surface area (Å²) in [5.41, 5.74) is -0.825. The average Bonchev–Trinajstić information content (AvgIpc) is 2.70. The topological polar surface area (TPSA) is 52.3 Å². The molecule has 0 bridgehead atoms. The van der Waals surface area contributed by atoms with E-state index >= 15 is 0 Å². The van der Waals surface area contributed by atoms with Crippen molar-refractivity contribution in [3.63, 3.8) is 0 Å². The molecule has 0 unspecified atom stereocenters. The maximum atomic E-state index is 13.9. The number of nitrogens with zero attached hydrogens (tertiary/aromatic N) is 1. The lowest BCUT2D eigenvalue weighted by molar-refractivity contribution is 0.0525. The Balaban J connectivity index is 2.63. The van der Waals surface area contributed by atoms with Crippen molar-refractivity contribution in [2.75, 3.05) is 6.61 Å². The van der Waals surface area contributed by atoms with Crippen molar-refractivity contribution >= 4 is 17.6 Å². The first kappa shape index (κ1) is 14.5. The Morgan fingerprint density at radius 1 is 1.40 bits per heavy atom. The highest BCUT2D eigenvalue weighted by atomic mass is 35.5. The van der Waals surface area contributed by atoms with Gasteiger partial charge in [0, 0.05) is 5.02 Å². The van der Waals surface area contributed by atoms with E-state index in [0.717, 1.165) is 12.1 Å². The van der Waals surface area contributed by atoms with Crippen molar-refractivity contribution in [3.8, 4) is 11.3 Å². The number of benzene rings is 1. The molecule has 0 fully saturated rings. The van der Waals surface area contributed by atoms with Crippen molar-refractivity contribution in [1.82, 2.24) is 5.16 Å². The number of carbonyl (C=O) groups is 1. The van der Waals surface area contributed by atoms with Gasteiger partial charge in [-0.2, -0.15) is 0 Å². The van der Waals surface area contributed by atoms with Crippen molar-refractivity contribution < 1.29 is 22.8 Å². The molecule has 0 aliphatic rings. The predicted octanol–water partition coefficient (Wildman–Crippen LogP) is 3.76. The number of ether oxygens (including phenoxy) is 1. The van der Waals surface area contributed by atoms with Crippen LogP contribution in [0.1, 0.15) is 23.0 Å². The summed E-state index contributed by atoms with van der Waals surface area (Å²) >= 11 is 5.55. The van der Waals surface area contributed by atoms with Crippen LogP contribution in [0.5, 0.6) is 0 Å². The monoisotopic (exact) mass is 301 g/mol. The van der Waals surface area contributed by atoms with Crippen LogP contribution in [-0.4, -0.2) is 17.7 Å². The lowest BCUT2D eigenvalue weighted by atomic mass is 10.1. The molecule has 20 heavy (non-hydrogen) atoms. The maximum Gasteiger partial charge on any atom is 0.344 e. The number of hydrogen-bond donors (Lipinski definition) is 0. The molecular formula is C13H10ClF2NO3. The van der Waals surface area contributed by atoms with Crippen molar-refractivity contribution in [3.05, 3.63) is 40.1 Å². The summed E-state index contributed by atoms with van der Waals surface area (Å²) in [6.07, 6.45) is 0. The van der Waals surface area contributed by atoms with Crippen LogP contribution in [0.25, 0.3) is 11.3 Å². The van der Waals surface area contributed by atoms with Gasteiger partial charge in [-0.25, -0.2) is 13.6 Å². The molecule has 0 N–H and O–H groups in total. The normalized spacial score (nSPS) is 10.7. The summed E-state index contributed by atoms with van der Waals surface area (Å²) in [6, 6.07) is 1.86. The molecule has 7 heteroatoms. The minimum Gasteiger partial charge on any atom is -0.462 e. The first-order chi connectivity index (χ1) is 9.45. The van der Waals surface area contributed by atoms with Gasteiger partial charge in [0.25, 0.3) is 0 Å². The third kappa shape index (κ3) is 2.51. The second kappa shape index (κ2) is 5.58. The molecular weight excluding hydrogens is 292 g/mol. The number of aromatic nitrogens is 1. The molecule has 106 valence electrons. The minimum absolute atomic E-state index is 0.0957. The van der Waals surface area contributed by atoms with Crippen LogP contribution < -0.4 is 0 Å². The standard InChI is InChI=1S/C13H10ClF2NO3/c1-3-19-13(18)10-6(2)20-17-12(10)11-8(15)4-7(14)5-9(11)16/h4-5H,3H2,1-2H3. The van der Waals surface area contributed by atoms with Crippen LogP contribution in [0.2, 0.25) is 5.02 Å². The number of carbonyl (C=O) groups excluding carboxylic acids is 1. The van der Waals surface area contributed by atoms with Gasteiger partial charge in [-0.05, 0) is 26.0 Å². The molecule has 0 amide bonds. The zero-order valence-electron chi connectivity index (χ0n) is 10.7. The fourth-order valence-corrected chi connectivity index (χ4v) is 1.95. The molecule has 1 heterocycles. The van der Waals surface area contributed by atoms with Gasteiger partial charge in [0.15, 0.2) is 0 Å². The summed E-state index contributed by atoms with van der Waals surface area (Å²) in [5.74, 6) is -2.51. The lowest BCUT2D eigenvalue weighted by Gasteiger charge is -2.05. The number of halogens is 3. The van der Waals surface area contributed by atoms with E-state index < -0.39 is 23.2 Å². The van der Waals surface area contributed by atoms with Gasteiger partial charge in [0.05, 0.1) is 12.2 Å². The fraction of sp³-hybridized carbons (Fsp3) is 0.231. The smallest absolute Gasteiger partial charge is 0.344 e. The average molecular weight is 302 g/mol. The van der Waals surface area contributed by atoms with Gasteiger partial charge in [-0.3, -0.25) is 0 Å². The number of hydrogen-bond acceptors (Lipinski definition) is 4. The minimum atomic E-state index is -0.936. The summed E-state index contributed by atoms with van der Waals surface area (Å²) in [5, 5.41) is 3.45. The summed E-state index contributed by atoms with van der Waals surface area (Å²) in [4.78, 5) is 11.8. The van der Waals surface area contributed by atoms with E-state index in [2.05, 4.69) is 5.16 Å². The first-order valence-electron chi connectivity index (χ1n) is 5.74. The molecule has 0 saturated carbocycles. The second-order valence-corrected chi connectivity index (χ2v) is 4.36. The van der Waals surface area contributed by atoms with Gasteiger partial charge in [-0.15, -0.1) is 0 Å². The molecule has 0 aliphatic carbocycles. The van der Waals surface area contributed by atoms with Crippen LogP contribution in [0.4, 0.5) is 8.78 Å². The molecule has 1 aromatic carbocycles. The third-order valence-electron chi connectivity index (χ3n) is 2.59. The second-order valence-electron chi connectivity index (χ2n) is 3.93. The van der Waals surface area contributed by atoms with Gasteiger partial charge >= 0.3 is 5.97 Å². The molecule has 0 saturated heterocycles. The van der Waals surface area contributed by atoms with E-state index in [0.29, 0.717) is 0 Å². The van der Waals surface area contributed by atoms with Crippen LogP contribution in [0.3, 0.4) is 0 Å². The highest BCUT2D eigenvalue weighted by Gasteiger charge is 2.27. The zero-order valence-corrected chi connectivity index (χ0v) is 11.4. The molecule has 0 radical (unpaired) electrons. The van der Waals surface area contributed by atoms with Crippen LogP contribution >= 0.6 is 11.6 Å². The van der Waals surface area contributed by atoms with E-state index in [1.165, 1.54) is 6.92 Å². The molecule has 0 atom stereocenters. The van der Waals surface area contributed by atoms with Crippen LogP contribution in [0.15, 0.2) is 16.7 Å². The predicted molar refractivity (Wildman–Crippen MR) is 67.6 cm³/mol. The number of esters is 1. The van der Waals surface area contributed by atoms with Crippen LogP contribution in [0, 0.1) is 18.6 Å². The zero-order chi connectivity index (χ0) is 14.9. The number of aryl methyl sites for hydroxylation is 1. The Labute approximate surface area is 118 Å². The molecule has 2 rings (SSSR count). The fourth-order valence-electron chi connectivity index (χ4n) is 1.75. The Morgan fingerprint density at radius 3 is 2.55 bits per heavy atom. The van der Waals surface area contributed by atoms with Crippen molar-refractivity contribution in [2.24, 2.45) is 0 Å². The summed E-state index contributed by atoms with van der Waals surface area (Å²) < 4.78 is 37.4. The summed E-state index contributed by atoms with van der Waals surface area (Å²) in [7, 11) is 0. The van der Waals surface area contributed by atoms with Crippen molar-refractivity contribution in [1.29, 1.82) is 0 Å². The van der Waals surface area contributed by atoms with Gasteiger partial charge in [0.2, 0.25) is 0 Å².